The van der Waals surface area contributed by atoms with Crippen LogP contribution in [0.3, 0.4) is 0 Å². The van der Waals surface area contributed by atoms with Gasteiger partial charge in [0.1, 0.15) is 5.75 Å². The van der Waals surface area contributed by atoms with E-state index in [9.17, 15) is 17.2 Å². The maximum absolute atomic E-state index is 13.3. The molecular formula is C12H17F2NO3S. The van der Waals surface area contributed by atoms with Crippen molar-refractivity contribution in [3.8, 4) is 0 Å². The lowest BCUT2D eigenvalue weighted by atomic mass is 10.0. The molecule has 1 rings (SSSR count). The molecule has 7 heteroatoms. The summed E-state index contributed by atoms with van der Waals surface area (Å²) in [5, 5.41) is 2.62. The third-order valence-corrected chi connectivity index (χ3v) is 3.40. The smallest absolute Gasteiger partial charge is 0.276 e. The van der Waals surface area contributed by atoms with Gasteiger partial charge in [-0.15, -0.1) is 0 Å². The van der Waals surface area contributed by atoms with Gasteiger partial charge in [-0.3, -0.25) is 4.55 Å². The van der Waals surface area contributed by atoms with Crippen molar-refractivity contribution in [3.63, 3.8) is 0 Å². The molecule has 0 aliphatic rings. The molecule has 1 aromatic carbocycles. The molecule has 0 aromatic heterocycles. The quantitative estimate of drug-likeness (QED) is 0.757. The minimum absolute atomic E-state index is 0.284. The highest BCUT2D eigenvalue weighted by molar-refractivity contribution is 7.85. The molecular weight excluding hydrogens is 276 g/mol. The van der Waals surface area contributed by atoms with Gasteiger partial charge in [0.15, 0.2) is 0 Å². The summed E-state index contributed by atoms with van der Waals surface area (Å²) in [4.78, 5) is 0. The normalized spacial score (nSPS) is 14.3. The Kier molecular flexibility index (Phi) is 5.39. The van der Waals surface area contributed by atoms with Crippen molar-refractivity contribution in [1.82, 2.24) is 5.32 Å². The monoisotopic (exact) mass is 293 g/mol. The van der Waals surface area contributed by atoms with Crippen molar-refractivity contribution in [2.24, 2.45) is 0 Å². The Morgan fingerprint density at radius 3 is 2.37 bits per heavy atom. The van der Waals surface area contributed by atoms with Gasteiger partial charge in [0, 0.05) is 6.04 Å². The molecule has 0 bridgehead atoms. The number of rotatable bonds is 7. The highest BCUT2D eigenvalue weighted by Crippen LogP contribution is 2.20. The first-order valence-corrected chi connectivity index (χ1v) is 7.46. The predicted octanol–water partition coefficient (Wildman–Crippen LogP) is 2.25. The maximum atomic E-state index is 13.3. The summed E-state index contributed by atoms with van der Waals surface area (Å²) in [5.41, 5.74) is 0.854. The van der Waals surface area contributed by atoms with E-state index in [1.165, 1.54) is 0 Å². The second-order valence-corrected chi connectivity index (χ2v) is 5.79. The summed E-state index contributed by atoms with van der Waals surface area (Å²) in [5.74, 6) is -5.08. The maximum Gasteiger partial charge on any atom is 0.276 e. The molecule has 0 aliphatic heterocycles. The molecule has 0 unspecified atom stereocenters. The van der Waals surface area contributed by atoms with E-state index in [0.717, 1.165) is 5.56 Å². The minimum atomic E-state index is -4.69. The van der Waals surface area contributed by atoms with Crippen LogP contribution in [0.15, 0.2) is 30.3 Å². The summed E-state index contributed by atoms with van der Waals surface area (Å²) in [7, 11) is -4.69. The molecule has 0 spiro atoms. The topological polar surface area (TPSA) is 66.4 Å². The Morgan fingerprint density at radius 1 is 1.32 bits per heavy atom. The number of nitrogens with one attached hydrogen (secondary N) is 1. The molecule has 0 heterocycles. The Labute approximate surface area is 111 Å². The lowest BCUT2D eigenvalue weighted by Crippen LogP contribution is -2.40. The van der Waals surface area contributed by atoms with Crippen molar-refractivity contribution in [2.45, 2.75) is 25.3 Å². The van der Waals surface area contributed by atoms with Crippen LogP contribution in [0.25, 0.3) is 0 Å². The zero-order chi connectivity index (χ0) is 14.5. The van der Waals surface area contributed by atoms with Gasteiger partial charge in [-0.1, -0.05) is 37.3 Å². The van der Waals surface area contributed by atoms with E-state index >= 15 is 0 Å². The highest BCUT2D eigenvalue weighted by atomic mass is 32.2. The largest absolute Gasteiger partial charge is 0.304 e. The van der Waals surface area contributed by atoms with Crippen molar-refractivity contribution in [2.75, 3.05) is 12.3 Å². The average Bonchev–Trinajstić information content (AvgIpc) is 2.28. The molecule has 2 N–H and O–H groups in total. The average molecular weight is 293 g/mol. The number of benzene rings is 1. The van der Waals surface area contributed by atoms with Crippen LogP contribution in [0.4, 0.5) is 8.78 Å². The van der Waals surface area contributed by atoms with Gasteiger partial charge in [0.05, 0.1) is 6.54 Å². The third kappa shape index (κ3) is 6.09. The van der Waals surface area contributed by atoms with Crippen LogP contribution in [-0.2, 0) is 10.1 Å². The number of alkyl halides is 2. The van der Waals surface area contributed by atoms with E-state index < -0.39 is 28.3 Å². The van der Waals surface area contributed by atoms with Gasteiger partial charge in [-0.05, 0) is 12.0 Å². The Balaban J connectivity index is 2.64. The molecule has 0 saturated carbocycles. The molecule has 0 fully saturated rings. The van der Waals surface area contributed by atoms with Crippen molar-refractivity contribution >= 4 is 10.1 Å². The summed E-state index contributed by atoms with van der Waals surface area (Å²) >= 11 is 0. The molecule has 0 radical (unpaired) electrons. The van der Waals surface area contributed by atoms with Gasteiger partial charge < -0.3 is 5.32 Å². The fourth-order valence-corrected chi connectivity index (χ4v) is 2.41. The second-order valence-electron chi connectivity index (χ2n) is 4.33. The Morgan fingerprint density at radius 2 is 1.89 bits per heavy atom. The van der Waals surface area contributed by atoms with E-state index in [1.807, 2.05) is 25.1 Å². The molecule has 0 aliphatic carbocycles. The summed E-state index contributed by atoms with van der Waals surface area (Å²) in [6.45, 7) is 1.03. The number of halogens is 2. The van der Waals surface area contributed by atoms with Crippen molar-refractivity contribution in [3.05, 3.63) is 35.9 Å². The van der Waals surface area contributed by atoms with Crippen LogP contribution in [0.5, 0.6) is 0 Å². The van der Waals surface area contributed by atoms with E-state index in [0.29, 0.717) is 6.42 Å². The van der Waals surface area contributed by atoms with Crippen LogP contribution >= 0.6 is 0 Å². The Bertz CT molecular complexity index is 491. The SMILES string of the molecule is CC[C@@H](NCC(F)(F)CS(=O)(=O)O)c1ccccc1. The second kappa shape index (κ2) is 6.40. The number of hydrogen-bond acceptors (Lipinski definition) is 3. The lowest BCUT2D eigenvalue weighted by molar-refractivity contribution is 0.0219. The fraction of sp³-hybridized carbons (Fsp3) is 0.500. The van der Waals surface area contributed by atoms with Gasteiger partial charge in [0.2, 0.25) is 0 Å². The van der Waals surface area contributed by atoms with Gasteiger partial charge in [0.25, 0.3) is 16.0 Å². The number of hydrogen-bond donors (Lipinski definition) is 2. The van der Waals surface area contributed by atoms with Crippen LogP contribution in [-0.4, -0.2) is 31.2 Å². The predicted molar refractivity (Wildman–Crippen MR) is 68.8 cm³/mol. The minimum Gasteiger partial charge on any atom is -0.304 e. The van der Waals surface area contributed by atoms with Crippen molar-refractivity contribution in [1.29, 1.82) is 0 Å². The summed E-state index contributed by atoms with van der Waals surface area (Å²) < 4.78 is 56.1. The van der Waals surface area contributed by atoms with Crippen LogP contribution in [0.1, 0.15) is 24.9 Å². The first-order valence-electron chi connectivity index (χ1n) is 5.85. The highest BCUT2D eigenvalue weighted by Gasteiger charge is 2.35. The molecule has 108 valence electrons. The van der Waals surface area contributed by atoms with Gasteiger partial charge in [-0.2, -0.15) is 8.42 Å². The fourth-order valence-electron chi connectivity index (χ4n) is 1.77. The molecule has 4 nitrogen and oxygen atoms in total. The van der Waals surface area contributed by atoms with Crippen molar-refractivity contribution < 1.29 is 21.8 Å². The first-order chi connectivity index (χ1) is 8.73. The van der Waals surface area contributed by atoms with E-state index in [4.69, 9.17) is 4.55 Å². The van der Waals surface area contributed by atoms with Crippen LogP contribution in [0, 0.1) is 0 Å². The summed E-state index contributed by atoms with van der Waals surface area (Å²) in [6, 6.07) is 8.76. The van der Waals surface area contributed by atoms with E-state index in [1.54, 1.807) is 12.1 Å². The standard InChI is InChI=1S/C12H17F2NO3S/c1-2-11(10-6-4-3-5-7-10)15-8-12(13,14)9-19(16,17)18/h3-7,11,15H,2,8-9H2,1H3,(H,16,17,18)/t11-/m1/s1. The molecule has 0 saturated heterocycles. The molecule has 19 heavy (non-hydrogen) atoms. The zero-order valence-corrected chi connectivity index (χ0v) is 11.3. The lowest BCUT2D eigenvalue weighted by Gasteiger charge is -2.21. The Hall–Kier alpha value is -1.05. The van der Waals surface area contributed by atoms with Crippen LogP contribution in [0.2, 0.25) is 0 Å². The first kappa shape index (κ1) is 16.0. The third-order valence-electron chi connectivity index (χ3n) is 2.61. The van der Waals surface area contributed by atoms with Crippen LogP contribution < -0.4 is 5.32 Å². The molecule has 1 aromatic rings. The van der Waals surface area contributed by atoms with E-state index in [-0.39, 0.29) is 6.04 Å². The van der Waals surface area contributed by atoms with Gasteiger partial charge in [-0.25, -0.2) is 8.78 Å². The molecule has 0 amide bonds. The van der Waals surface area contributed by atoms with E-state index in [2.05, 4.69) is 5.32 Å². The van der Waals surface area contributed by atoms with Gasteiger partial charge >= 0.3 is 0 Å². The molecule has 1 atom stereocenters. The zero-order valence-electron chi connectivity index (χ0n) is 10.5. The summed E-state index contributed by atoms with van der Waals surface area (Å²) in [6.07, 6.45) is 0.589.